The zero-order valence-electron chi connectivity index (χ0n) is 19.0. The van der Waals surface area contributed by atoms with E-state index < -0.39 is 6.04 Å². The summed E-state index contributed by atoms with van der Waals surface area (Å²) < 4.78 is 5.24. The van der Waals surface area contributed by atoms with Gasteiger partial charge < -0.3 is 15.0 Å². The van der Waals surface area contributed by atoms with Crippen LogP contribution in [0, 0.1) is 23.2 Å². The zero-order valence-corrected chi connectivity index (χ0v) is 19.0. The Morgan fingerprint density at radius 1 is 1.22 bits per heavy atom. The number of nitrogens with one attached hydrogen (secondary N) is 1. The third-order valence-electron chi connectivity index (χ3n) is 6.08. The molecule has 6 heteroatoms. The van der Waals surface area contributed by atoms with Crippen LogP contribution in [0.25, 0.3) is 0 Å². The van der Waals surface area contributed by atoms with Gasteiger partial charge in [-0.05, 0) is 48.4 Å². The van der Waals surface area contributed by atoms with Gasteiger partial charge in [0, 0.05) is 19.0 Å². The van der Waals surface area contributed by atoms with Crippen molar-refractivity contribution in [2.45, 2.75) is 45.7 Å². The molecule has 2 aromatic rings. The molecule has 32 heavy (non-hydrogen) atoms. The van der Waals surface area contributed by atoms with E-state index in [0.29, 0.717) is 30.8 Å². The molecule has 1 N–H and O–H groups in total. The molecule has 6 nitrogen and oxygen atoms in total. The molecule has 1 heterocycles. The Kier molecular flexibility index (Phi) is 7.88. The minimum atomic E-state index is -0.447. The van der Waals surface area contributed by atoms with Crippen LogP contribution in [0.5, 0.6) is 5.75 Å². The first-order chi connectivity index (χ1) is 15.4. The summed E-state index contributed by atoms with van der Waals surface area (Å²) in [7, 11) is 1.51. The van der Waals surface area contributed by atoms with Crippen molar-refractivity contribution < 1.29 is 14.3 Å². The highest BCUT2D eigenvalue weighted by molar-refractivity contribution is 5.89. The molecule has 0 spiro atoms. The van der Waals surface area contributed by atoms with Gasteiger partial charge in [0.2, 0.25) is 11.8 Å². The van der Waals surface area contributed by atoms with Crippen LogP contribution < -0.4 is 10.1 Å². The normalized spacial score (nSPS) is 18.6. The topological polar surface area (TPSA) is 82.4 Å². The molecular formula is C26H31N3O3. The molecular weight excluding hydrogens is 402 g/mol. The zero-order chi connectivity index (χ0) is 23.1. The molecule has 2 aromatic carbocycles. The van der Waals surface area contributed by atoms with Crippen LogP contribution in [0.1, 0.15) is 43.4 Å². The van der Waals surface area contributed by atoms with Gasteiger partial charge in [0.15, 0.2) is 0 Å². The highest BCUT2D eigenvalue weighted by Crippen LogP contribution is 2.26. The van der Waals surface area contributed by atoms with Crippen molar-refractivity contribution in [3.05, 3.63) is 65.2 Å². The van der Waals surface area contributed by atoms with Crippen molar-refractivity contribution in [3.8, 4) is 11.8 Å². The van der Waals surface area contributed by atoms with E-state index in [0.717, 1.165) is 18.4 Å². The first-order valence-corrected chi connectivity index (χ1v) is 11.1. The summed E-state index contributed by atoms with van der Waals surface area (Å²) in [6.45, 7) is 4.95. The molecule has 3 rings (SSSR count). The molecule has 2 amide bonds. The highest BCUT2D eigenvalue weighted by atomic mass is 16.5. The number of hydrogen-bond donors (Lipinski definition) is 1. The van der Waals surface area contributed by atoms with Gasteiger partial charge in [-0.1, -0.05) is 50.2 Å². The Balaban J connectivity index is 1.60. The fraction of sp³-hybridized carbons (Fsp3) is 0.423. The number of ether oxygens (including phenoxy) is 1. The summed E-state index contributed by atoms with van der Waals surface area (Å²) in [6, 6.07) is 17.0. The van der Waals surface area contributed by atoms with Gasteiger partial charge in [0.05, 0.1) is 12.7 Å². The van der Waals surface area contributed by atoms with E-state index >= 15 is 0 Å². The quantitative estimate of drug-likeness (QED) is 0.688. The van der Waals surface area contributed by atoms with Gasteiger partial charge >= 0.3 is 0 Å². The first kappa shape index (κ1) is 23.3. The molecule has 1 fully saturated rings. The number of nitrogens with zero attached hydrogens (tertiary/aromatic N) is 2. The third kappa shape index (κ3) is 5.67. The number of likely N-dealkylation sites (tertiary alicyclic amines) is 1. The average Bonchev–Trinajstić information content (AvgIpc) is 3.22. The van der Waals surface area contributed by atoms with Crippen molar-refractivity contribution in [1.82, 2.24) is 10.2 Å². The Morgan fingerprint density at radius 2 is 1.97 bits per heavy atom. The van der Waals surface area contributed by atoms with Crippen molar-refractivity contribution in [2.75, 3.05) is 13.7 Å². The van der Waals surface area contributed by atoms with Gasteiger partial charge in [0.1, 0.15) is 17.9 Å². The largest absolute Gasteiger partial charge is 0.495 e. The molecule has 3 atom stereocenters. The second-order valence-corrected chi connectivity index (χ2v) is 8.64. The SMILES string of the molecule is COc1cc(CNC(=O)[C@@H]2C[C@H](C)CN2C(=O)[C@H](C)CCc2ccccc2)ccc1C#N. The lowest BCUT2D eigenvalue weighted by Gasteiger charge is -2.27. The number of methoxy groups -OCH3 is 1. The second-order valence-electron chi connectivity index (χ2n) is 8.64. The molecule has 0 bridgehead atoms. The molecule has 1 saturated heterocycles. The monoisotopic (exact) mass is 433 g/mol. The first-order valence-electron chi connectivity index (χ1n) is 11.1. The number of rotatable bonds is 8. The lowest BCUT2D eigenvalue weighted by Crippen LogP contribution is -2.47. The van der Waals surface area contributed by atoms with Crippen LogP contribution in [-0.4, -0.2) is 36.4 Å². The summed E-state index contributed by atoms with van der Waals surface area (Å²) in [5, 5.41) is 12.1. The van der Waals surface area contributed by atoms with Crippen LogP contribution in [-0.2, 0) is 22.6 Å². The summed E-state index contributed by atoms with van der Waals surface area (Å²) >= 11 is 0. The smallest absolute Gasteiger partial charge is 0.243 e. The number of aryl methyl sites for hydroxylation is 1. The van der Waals surface area contributed by atoms with E-state index in [1.54, 1.807) is 23.1 Å². The van der Waals surface area contributed by atoms with Crippen molar-refractivity contribution in [3.63, 3.8) is 0 Å². The number of carbonyl (C=O) groups excluding carboxylic acids is 2. The summed E-state index contributed by atoms with van der Waals surface area (Å²) in [5.74, 6) is 0.536. The van der Waals surface area contributed by atoms with E-state index in [1.807, 2.05) is 25.1 Å². The van der Waals surface area contributed by atoms with Gasteiger partial charge in [-0.3, -0.25) is 9.59 Å². The van der Waals surface area contributed by atoms with Crippen LogP contribution >= 0.6 is 0 Å². The summed E-state index contributed by atoms with van der Waals surface area (Å²) in [4.78, 5) is 27.9. The lowest BCUT2D eigenvalue weighted by molar-refractivity contribution is -0.141. The van der Waals surface area contributed by atoms with Gasteiger partial charge in [-0.25, -0.2) is 0 Å². The molecule has 1 aliphatic rings. The van der Waals surface area contributed by atoms with Crippen LogP contribution in [0.2, 0.25) is 0 Å². The Morgan fingerprint density at radius 3 is 2.66 bits per heavy atom. The predicted octanol–water partition coefficient (Wildman–Crippen LogP) is 3.69. The Bertz CT molecular complexity index is 984. The maximum Gasteiger partial charge on any atom is 0.243 e. The lowest BCUT2D eigenvalue weighted by atomic mass is 9.99. The number of hydrogen-bond acceptors (Lipinski definition) is 4. The van der Waals surface area contributed by atoms with Gasteiger partial charge in [0.25, 0.3) is 0 Å². The van der Waals surface area contributed by atoms with Crippen molar-refractivity contribution >= 4 is 11.8 Å². The molecule has 168 valence electrons. The van der Waals surface area contributed by atoms with E-state index in [1.165, 1.54) is 12.7 Å². The summed E-state index contributed by atoms with van der Waals surface area (Å²) in [5.41, 5.74) is 2.51. The highest BCUT2D eigenvalue weighted by Gasteiger charge is 2.38. The maximum absolute atomic E-state index is 13.2. The van der Waals surface area contributed by atoms with Gasteiger partial charge in [-0.15, -0.1) is 0 Å². The molecule has 0 saturated carbocycles. The predicted molar refractivity (Wildman–Crippen MR) is 123 cm³/mol. The van der Waals surface area contributed by atoms with Crippen LogP contribution in [0.4, 0.5) is 0 Å². The Labute approximate surface area is 190 Å². The standard InChI is InChI=1S/C26H31N3O3/c1-18-13-23(25(30)28-16-21-11-12-22(15-27)24(14-21)32-3)29(17-18)26(31)19(2)9-10-20-7-5-4-6-8-20/h4-8,11-12,14,18-19,23H,9-10,13,16-17H2,1-3H3,(H,28,30)/t18-,19+,23-/m0/s1. The van der Waals surface area contributed by atoms with Crippen LogP contribution in [0.15, 0.2) is 48.5 Å². The van der Waals surface area contributed by atoms with Crippen LogP contribution in [0.3, 0.4) is 0 Å². The van der Waals surface area contributed by atoms with Crippen molar-refractivity contribution in [1.29, 1.82) is 5.26 Å². The van der Waals surface area contributed by atoms with E-state index in [-0.39, 0.29) is 23.7 Å². The fourth-order valence-corrected chi connectivity index (χ4v) is 4.22. The van der Waals surface area contributed by atoms with Gasteiger partial charge in [-0.2, -0.15) is 5.26 Å². The van der Waals surface area contributed by atoms with E-state index in [4.69, 9.17) is 10.00 Å². The molecule has 0 aromatic heterocycles. The van der Waals surface area contributed by atoms with Crippen molar-refractivity contribution in [2.24, 2.45) is 11.8 Å². The number of carbonyl (C=O) groups is 2. The second kappa shape index (κ2) is 10.8. The summed E-state index contributed by atoms with van der Waals surface area (Å²) in [6.07, 6.45) is 2.27. The van der Waals surface area contributed by atoms with E-state index in [9.17, 15) is 9.59 Å². The maximum atomic E-state index is 13.2. The Hall–Kier alpha value is -3.33. The average molecular weight is 434 g/mol. The molecule has 0 unspecified atom stereocenters. The minimum absolute atomic E-state index is 0.0467. The van der Waals surface area contributed by atoms with E-state index in [2.05, 4.69) is 30.4 Å². The molecule has 0 aliphatic carbocycles. The number of nitriles is 1. The number of benzene rings is 2. The third-order valence-corrected chi connectivity index (χ3v) is 6.08. The number of amides is 2. The fourth-order valence-electron chi connectivity index (χ4n) is 4.22. The molecule has 0 radical (unpaired) electrons. The minimum Gasteiger partial charge on any atom is -0.495 e. The molecule has 1 aliphatic heterocycles.